The molecule has 0 radical (unpaired) electrons. The Bertz CT molecular complexity index is 1170. The average molecular weight is 442 g/mol. The highest BCUT2D eigenvalue weighted by atomic mass is 35.5. The molecule has 1 unspecified atom stereocenters. The second-order valence-electron chi connectivity index (χ2n) is 7.83. The van der Waals surface area contributed by atoms with Gasteiger partial charge < -0.3 is 9.80 Å². The average Bonchev–Trinajstić information content (AvgIpc) is 3.26. The minimum atomic E-state index is -0.418. The van der Waals surface area contributed by atoms with Crippen LogP contribution in [0, 0.1) is 5.82 Å². The van der Waals surface area contributed by atoms with E-state index in [4.69, 9.17) is 11.6 Å². The highest BCUT2D eigenvalue weighted by molar-refractivity contribution is 6.34. The van der Waals surface area contributed by atoms with E-state index in [2.05, 4.69) is 20.2 Å². The lowest BCUT2D eigenvalue weighted by Crippen LogP contribution is -2.47. The van der Waals surface area contributed by atoms with Crippen molar-refractivity contribution in [1.82, 2.24) is 14.9 Å². The first-order valence-electron chi connectivity index (χ1n) is 10.3. The van der Waals surface area contributed by atoms with E-state index in [1.807, 2.05) is 18.2 Å². The number of imide groups is 1. The quantitative estimate of drug-likeness (QED) is 0.633. The van der Waals surface area contributed by atoms with Crippen molar-refractivity contribution in [3.63, 3.8) is 0 Å². The van der Waals surface area contributed by atoms with Crippen molar-refractivity contribution in [3.8, 4) is 0 Å². The fraction of sp³-hybridized carbons (Fsp3) is 0.318. The number of hydrogen-bond donors (Lipinski definition) is 1. The molecule has 4 heterocycles. The molecule has 1 aromatic carbocycles. The molecule has 5 rings (SSSR count). The molecule has 7 nitrogen and oxygen atoms in total. The number of piperidine rings is 1. The summed E-state index contributed by atoms with van der Waals surface area (Å²) in [5.41, 5.74) is 2.09. The van der Waals surface area contributed by atoms with E-state index in [1.165, 1.54) is 6.07 Å². The highest BCUT2D eigenvalue weighted by Gasteiger charge is 2.31. The first-order valence-corrected chi connectivity index (χ1v) is 10.6. The molecule has 0 saturated carbocycles. The SMILES string of the molecule is O=C1CCC(c2cccc(N3CCN(c4ccc(F)c5ccnn45)CC3)c2Cl)C(=O)N1. The van der Waals surface area contributed by atoms with Gasteiger partial charge in [-0.3, -0.25) is 14.9 Å². The number of rotatable bonds is 3. The normalized spacial score (nSPS) is 19.7. The summed E-state index contributed by atoms with van der Waals surface area (Å²) in [4.78, 5) is 28.2. The van der Waals surface area contributed by atoms with Gasteiger partial charge in [-0.1, -0.05) is 23.7 Å². The summed E-state index contributed by atoms with van der Waals surface area (Å²) < 4.78 is 15.6. The number of aromatic nitrogens is 2. The summed E-state index contributed by atoms with van der Waals surface area (Å²) in [6, 6.07) is 10.6. The Morgan fingerprint density at radius 2 is 1.81 bits per heavy atom. The predicted molar refractivity (Wildman–Crippen MR) is 116 cm³/mol. The molecule has 9 heteroatoms. The fourth-order valence-electron chi connectivity index (χ4n) is 4.43. The van der Waals surface area contributed by atoms with Gasteiger partial charge in [0, 0.05) is 32.6 Å². The van der Waals surface area contributed by atoms with Crippen molar-refractivity contribution in [3.05, 3.63) is 59.0 Å². The van der Waals surface area contributed by atoms with Crippen molar-refractivity contribution in [2.75, 3.05) is 36.0 Å². The van der Waals surface area contributed by atoms with E-state index in [0.29, 0.717) is 23.4 Å². The number of anilines is 2. The van der Waals surface area contributed by atoms with Crippen molar-refractivity contribution in [2.24, 2.45) is 0 Å². The summed E-state index contributed by atoms with van der Waals surface area (Å²) in [6.07, 6.45) is 2.37. The number of amides is 2. The van der Waals surface area contributed by atoms with Crippen LogP contribution in [0.5, 0.6) is 0 Å². The molecule has 0 bridgehead atoms. The van der Waals surface area contributed by atoms with Crippen LogP contribution in [-0.4, -0.2) is 47.6 Å². The zero-order valence-corrected chi connectivity index (χ0v) is 17.5. The number of benzene rings is 1. The number of halogens is 2. The van der Waals surface area contributed by atoms with Gasteiger partial charge in [0.15, 0.2) is 0 Å². The summed E-state index contributed by atoms with van der Waals surface area (Å²) in [7, 11) is 0. The number of pyridine rings is 1. The maximum absolute atomic E-state index is 14.0. The van der Waals surface area contributed by atoms with E-state index in [1.54, 1.807) is 22.8 Å². The summed E-state index contributed by atoms with van der Waals surface area (Å²) >= 11 is 6.74. The van der Waals surface area contributed by atoms with E-state index < -0.39 is 5.92 Å². The Labute approximate surface area is 183 Å². The van der Waals surface area contributed by atoms with Gasteiger partial charge >= 0.3 is 0 Å². The summed E-state index contributed by atoms with van der Waals surface area (Å²) in [5, 5.41) is 7.22. The molecule has 1 N–H and O–H groups in total. The first kappa shape index (κ1) is 19.8. The molecule has 3 aromatic rings. The van der Waals surface area contributed by atoms with Crippen LogP contribution in [0.2, 0.25) is 5.02 Å². The van der Waals surface area contributed by atoms with Crippen molar-refractivity contribution >= 4 is 40.4 Å². The molecule has 2 aliphatic rings. The van der Waals surface area contributed by atoms with E-state index >= 15 is 0 Å². The van der Waals surface area contributed by atoms with Crippen LogP contribution in [0.1, 0.15) is 24.3 Å². The molecule has 2 aromatic heterocycles. The number of hydrogen-bond acceptors (Lipinski definition) is 5. The van der Waals surface area contributed by atoms with Gasteiger partial charge in [0.05, 0.1) is 22.8 Å². The van der Waals surface area contributed by atoms with Crippen molar-refractivity contribution in [2.45, 2.75) is 18.8 Å². The van der Waals surface area contributed by atoms with Gasteiger partial charge in [-0.15, -0.1) is 0 Å². The maximum atomic E-state index is 14.0. The van der Waals surface area contributed by atoms with Crippen LogP contribution in [0.4, 0.5) is 15.9 Å². The van der Waals surface area contributed by atoms with Crippen LogP contribution in [-0.2, 0) is 9.59 Å². The van der Waals surface area contributed by atoms with E-state index in [0.717, 1.165) is 43.2 Å². The van der Waals surface area contributed by atoms with Gasteiger partial charge in [-0.2, -0.15) is 5.10 Å². The smallest absolute Gasteiger partial charge is 0.234 e. The summed E-state index contributed by atoms with van der Waals surface area (Å²) in [5.74, 6) is -0.392. The Balaban J connectivity index is 1.35. The second kappa shape index (κ2) is 7.85. The molecule has 2 aliphatic heterocycles. The molecule has 2 saturated heterocycles. The van der Waals surface area contributed by atoms with Gasteiger partial charge in [-0.25, -0.2) is 8.91 Å². The number of fused-ring (bicyclic) bond motifs is 1. The second-order valence-corrected chi connectivity index (χ2v) is 8.20. The predicted octanol–water partition coefficient (Wildman–Crippen LogP) is 2.97. The molecule has 1 atom stereocenters. The van der Waals surface area contributed by atoms with Crippen LogP contribution in [0.3, 0.4) is 0 Å². The van der Waals surface area contributed by atoms with Crippen LogP contribution in [0.15, 0.2) is 42.6 Å². The zero-order valence-electron chi connectivity index (χ0n) is 16.7. The van der Waals surface area contributed by atoms with Crippen LogP contribution >= 0.6 is 11.6 Å². The van der Waals surface area contributed by atoms with Gasteiger partial charge in [-0.05, 0) is 36.2 Å². The molecule has 0 aliphatic carbocycles. The molecule has 0 spiro atoms. The minimum Gasteiger partial charge on any atom is -0.367 e. The largest absolute Gasteiger partial charge is 0.367 e. The first-order chi connectivity index (χ1) is 15.0. The highest BCUT2D eigenvalue weighted by Crippen LogP contribution is 2.37. The van der Waals surface area contributed by atoms with Gasteiger partial charge in [0.1, 0.15) is 17.2 Å². The maximum Gasteiger partial charge on any atom is 0.234 e. The lowest BCUT2D eigenvalue weighted by Gasteiger charge is -2.38. The standard InChI is InChI=1S/C22H21ClFN5O2/c23-21-14(15-4-6-19(30)26-22(15)31)2-1-3-18(21)27-10-12-28(13-11-27)20-7-5-16(24)17-8-9-25-29(17)20/h1-3,5,7-9,15H,4,6,10-13H2,(H,26,30,31). The number of nitrogens with zero attached hydrogens (tertiary/aromatic N) is 4. The number of carbonyl (C=O) groups is 2. The molecule has 31 heavy (non-hydrogen) atoms. The minimum absolute atomic E-state index is 0.239. The lowest BCUT2D eigenvalue weighted by atomic mass is 9.90. The van der Waals surface area contributed by atoms with Gasteiger partial charge in [0.2, 0.25) is 11.8 Å². The van der Waals surface area contributed by atoms with E-state index in [-0.39, 0.29) is 17.6 Å². The lowest BCUT2D eigenvalue weighted by molar-refractivity contribution is -0.134. The van der Waals surface area contributed by atoms with Crippen LogP contribution < -0.4 is 15.1 Å². The summed E-state index contributed by atoms with van der Waals surface area (Å²) in [6.45, 7) is 2.89. The monoisotopic (exact) mass is 441 g/mol. The Morgan fingerprint density at radius 3 is 2.58 bits per heavy atom. The third kappa shape index (κ3) is 3.50. The Kier molecular flexibility index (Phi) is 5.02. The Morgan fingerprint density at radius 1 is 1.03 bits per heavy atom. The number of nitrogens with one attached hydrogen (secondary N) is 1. The molecule has 160 valence electrons. The van der Waals surface area contributed by atoms with Crippen molar-refractivity contribution < 1.29 is 14.0 Å². The molecular weight excluding hydrogens is 421 g/mol. The molecule has 2 fully saturated rings. The molecule has 2 amide bonds. The third-order valence-corrected chi connectivity index (χ3v) is 6.46. The van der Waals surface area contributed by atoms with Crippen LogP contribution in [0.25, 0.3) is 5.52 Å². The zero-order chi connectivity index (χ0) is 21.5. The number of carbonyl (C=O) groups excluding carboxylic acids is 2. The fourth-order valence-corrected chi connectivity index (χ4v) is 4.80. The van der Waals surface area contributed by atoms with Gasteiger partial charge in [0.25, 0.3) is 0 Å². The Hall–Kier alpha value is -3.13. The number of piperazine rings is 1. The molecular formula is C22H21ClFN5O2. The van der Waals surface area contributed by atoms with Crippen molar-refractivity contribution in [1.29, 1.82) is 0 Å². The topological polar surface area (TPSA) is 70.0 Å². The van der Waals surface area contributed by atoms with E-state index in [9.17, 15) is 14.0 Å². The third-order valence-electron chi connectivity index (χ3n) is 6.05.